The average molecular weight is 425 g/mol. The molecule has 1 amide bonds. The molecule has 1 atom stereocenters. The molecular weight excluding hydrogens is 396 g/mol. The van der Waals surface area contributed by atoms with Crippen molar-refractivity contribution in [2.24, 2.45) is 0 Å². The lowest BCUT2D eigenvalue weighted by Gasteiger charge is -2.21. The molecule has 158 valence electrons. The second kappa shape index (κ2) is 8.98. The maximum atomic E-state index is 13.0. The maximum absolute atomic E-state index is 13.0. The number of nitrogens with one attached hydrogen (secondary N) is 1. The standard InChI is InChI=1S/C24H28N2O3S/c1-5-23(21-11-10-17(2)18(3)14-21)25-24(27)16-26(4)30(28,29)22-13-12-19-8-6-7-9-20(19)15-22/h6-15,23H,5,16H2,1-4H3,(H,25,27)/t23-/m0/s1. The first kappa shape index (κ1) is 22.0. The molecule has 5 nitrogen and oxygen atoms in total. The fourth-order valence-corrected chi connectivity index (χ4v) is 4.60. The molecule has 0 bridgehead atoms. The molecule has 0 unspecified atom stereocenters. The number of nitrogens with zero attached hydrogens (tertiary/aromatic N) is 1. The van der Waals surface area contributed by atoms with Crippen molar-refractivity contribution in [3.63, 3.8) is 0 Å². The summed E-state index contributed by atoms with van der Waals surface area (Å²) >= 11 is 0. The predicted molar refractivity (Wildman–Crippen MR) is 121 cm³/mol. The fourth-order valence-electron chi connectivity index (χ4n) is 3.44. The molecule has 0 aromatic heterocycles. The summed E-state index contributed by atoms with van der Waals surface area (Å²) in [5, 5.41) is 4.78. The zero-order valence-corrected chi connectivity index (χ0v) is 18.7. The molecule has 0 aliphatic carbocycles. The van der Waals surface area contributed by atoms with Crippen LogP contribution in [0.25, 0.3) is 10.8 Å². The first-order chi connectivity index (χ1) is 14.2. The van der Waals surface area contributed by atoms with Crippen LogP contribution in [0.15, 0.2) is 65.6 Å². The molecular formula is C24H28N2O3S. The Hall–Kier alpha value is -2.70. The van der Waals surface area contributed by atoms with E-state index in [1.54, 1.807) is 18.2 Å². The molecule has 0 spiro atoms. The van der Waals surface area contributed by atoms with E-state index < -0.39 is 10.0 Å². The number of aryl methyl sites for hydroxylation is 2. The summed E-state index contributed by atoms with van der Waals surface area (Å²) in [6.07, 6.45) is 0.718. The summed E-state index contributed by atoms with van der Waals surface area (Å²) in [5.41, 5.74) is 3.38. The quantitative estimate of drug-likeness (QED) is 0.613. The van der Waals surface area contributed by atoms with E-state index in [0.717, 1.165) is 32.6 Å². The average Bonchev–Trinajstić information content (AvgIpc) is 2.73. The maximum Gasteiger partial charge on any atom is 0.243 e. The summed E-state index contributed by atoms with van der Waals surface area (Å²) in [4.78, 5) is 12.8. The Morgan fingerprint density at radius 1 is 0.967 bits per heavy atom. The normalized spacial score (nSPS) is 12.8. The van der Waals surface area contributed by atoms with E-state index >= 15 is 0 Å². The summed E-state index contributed by atoms with van der Waals surface area (Å²) in [6.45, 7) is 5.84. The number of likely N-dealkylation sites (N-methyl/N-ethyl adjacent to an activating group) is 1. The largest absolute Gasteiger partial charge is 0.348 e. The highest BCUT2D eigenvalue weighted by atomic mass is 32.2. The molecule has 1 N–H and O–H groups in total. The number of rotatable bonds is 7. The third kappa shape index (κ3) is 4.71. The number of carbonyl (C=O) groups is 1. The highest BCUT2D eigenvalue weighted by Crippen LogP contribution is 2.22. The summed E-state index contributed by atoms with van der Waals surface area (Å²) in [5.74, 6) is -0.327. The molecule has 0 saturated heterocycles. The van der Waals surface area contributed by atoms with Crippen LogP contribution in [0, 0.1) is 13.8 Å². The van der Waals surface area contributed by atoms with Gasteiger partial charge in [0.2, 0.25) is 15.9 Å². The highest BCUT2D eigenvalue weighted by molar-refractivity contribution is 7.89. The van der Waals surface area contributed by atoms with Gasteiger partial charge in [-0.25, -0.2) is 8.42 Å². The van der Waals surface area contributed by atoms with Crippen LogP contribution in [-0.4, -0.2) is 32.2 Å². The Balaban J connectivity index is 1.73. The van der Waals surface area contributed by atoms with E-state index in [4.69, 9.17) is 0 Å². The smallest absolute Gasteiger partial charge is 0.243 e. The van der Waals surface area contributed by atoms with E-state index in [1.807, 2.05) is 57.2 Å². The number of benzene rings is 3. The van der Waals surface area contributed by atoms with Gasteiger partial charge in [0.05, 0.1) is 17.5 Å². The first-order valence-corrected chi connectivity index (χ1v) is 11.5. The van der Waals surface area contributed by atoms with Crippen LogP contribution in [0.2, 0.25) is 0 Å². The van der Waals surface area contributed by atoms with Crippen LogP contribution in [-0.2, 0) is 14.8 Å². The molecule has 0 fully saturated rings. The number of hydrogen-bond donors (Lipinski definition) is 1. The van der Waals surface area contributed by atoms with E-state index in [-0.39, 0.29) is 23.4 Å². The Morgan fingerprint density at radius 2 is 1.67 bits per heavy atom. The van der Waals surface area contributed by atoms with E-state index in [1.165, 1.54) is 12.6 Å². The van der Waals surface area contributed by atoms with Crippen LogP contribution in [0.1, 0.15) is 36.1 Å². The van der Waals surface area contributed by atoms with Crippen LogP contribution in [0.4, 0.5) is 0 Å². The molecule has 6 heteroatoms. The Morgan fingerprint density at radius 3 is 2.33 bits per heavy atom. The minimum Gasteiger partial charge on any atom is -0.348 e. The summed E-state index contributed by atoms with van der Waals surface area (Å²) in [6, 6.07) is 18.5. The van der Waals surface area contributed by atoms with Crippen LogP contribution < -0.4 is 5.32 Å². The van der Waals surface area contributed by atoms with E-state index in [0.29, 0.717) is 0 Å². The molecule has 0 aliphatic heterocycles. The summed E-state index contributed by atoms with van der Waals surface area (Å²) < 4.78 is 27.0. The topological polar surface area (TPSA) is 66.5 Å². The van der Waals surface area contributed by atoms with Crippen LogP contribution in [0.5, 0.6) is 0 Å². The molecule has 0 saturated carbocycles. The molecule has 0 heterocycles. The van der Waals surface area contributed by atoms with Crippen molar-refractivity contribution >= 4 is 26.7 Å². The van der Waals surface area contributed by atoms with Gasteiger partial charge in [0.25, 0.3) is 0 Å². The van der Waals surface area contributed by atoms with Gasteiger partial charge in [0, 0.05) is 7.05 Å². The zero-order chi connectivity index (χ0) is 21.9. The van der Waals surface area contributed by atoms with Crippen molar-refractivity contribution in [1.82, 2.24) is 9.62 Å². The molecule has 3 rings (SSSR count). The van der Waals surface area contributed by atoms with Crippen molar-refractivity contribution in [2.45, 2.75) is 38.1 Å². The number of carbonyl (C=O) groups excluding carboxylic acids is 1. The van der Waals surface area contributed by atoms with E-state index in [2.05, 4.69) is 11.4 Å². The zero-order valence-electron chi connectivity index (χ0n) is 17.8. The molecule has 30 heavy (non-hydrogen) atoms. The SMILES string of the molecule is CC[C@H](NC(=O)CN(C)S(=O)(=O)c1ccc2ccccc2c1)c1ccc(C)c(C)c1. The lowest BCUT2D eigenvalue weighted by atomic mass is 9.99. The van der Waals surface area contributed by atoms with Gasteiger partial charge in [-0.1, -0.05) is 55.5 Å². The Kier molecular flexibility index (Phi) is 6.58. The predicted octanol–water partition coefficient (Wildman–Crippen LogP) is 4.34. The lowest BCUT2D eigenvalue weighted by Crippen LogP contribution is -2.39. The van der Waals surface area contributed by atoms with Crippen LogP contribution >= 0.6 is 0 Å². The van der Waals surface area contributed by atoms with Gasteiger partial charge in [-0.05, 0) is 59.9 Å². The number of sulfonamides is 1. The van der Waals surface area contributed by atoms with Gasteiger partial charge in [-0.15, -0.1) is 0 Å². The molecule has 0 aliphatic rings. The van der Waals surface area contributed by atoms with Crippen molar-refractivity contribution in [1.29, 1.82) is 0 Å². The van der Waals surface area contributed by atoms with E-state index in [9.17, 15) is 13.2 Å². The fraction of sp³-hybridized carbons (Fsp3) is 0.292. The molecule has 3 aromatic carbocycles. The van der Waals surface area contributed by atoms with Gasteiger partial charge in [-0.3, -0.25) is 4.79 Å². The minimum absolute atomic E-state index is 0.159. The number of hydrogen-bond acceptors (Lipinski definition) is 3. The van der Waals surface area contributed by atoms with Crippen molar-refractivity contribution in [3.8, 4) is 0 Å². The summed E-state index contributed by atoms with van der Waals surface area (Å²) in [7, 11) is -2.34. The second-order valence-electron chi connectivity index (χ2n) is 7.64. The van der Waals surface area contributed by atoms with Gasteiger partial charge in [0.1, 0.15) is 0 Å². The van der Waals surface area contributed by atoms with Gasteiger partial charge < -0.3 is 5.32 Å². The van der Waals surface area contributed by atoms with Crippen molar-refractivity contribution in [3.05, 3.63) is 77.4 Å². The Labute approximate surface area is 178 Å². The molecule has 3 aromatic rings. The van der Waals surface area contributed by atoms with Crippen molar-refractivity contribution in [2.75, 3.05) is 13.6 Å². The molecule has 0 radical (unpaired) electrons. The van der Waals surface area contributed by atoms with Crippen molar-refractivity contribution < 1.29 is 13.2 Å². The lowest BCUT2D eigenvalue weighted by molar-refractivity contribution is -0.121. The highest BCUT2D eigenvalue weighted by Gasteiger charge is 2.24. The Bertz CT molecular complexity index is 1170. The van der Waals surface area contributed by atoms with Gasteiger partial charge >= 0.3 is 0 Å². The third-order valence-electron chi connectivity index (χ3n) is 5.47. The first-order valence-electron chi connectivity index (χ1n) is 10.0. The van der Waals surface area contributed by atoms with Crippen LogP contribution in [0.3, 0.4) is 0 Å². The monoisotopic (exact) mass is 424 g/mol. The minimum atomic E-state index is -3.77. The number of amides is 1. The number of fused-ring (bicyclic) bond motifs is 1. The van der Waals surface area contributed by atoms with Gasteiger partial charge in [0.15, 0.2) is 0 Å². The third-order valence-corrected chi connectivity index (χ3v) is 7.27. The van der Waals surface area contributed by atoms with Gasteiger partial charge in [-0.2, -0.15) is 4.31 Å². The second-order valence-corrected chi connectivity index (χ2v) is 9.69.